The third-order valence-electron chi connectivity index (χ3n) is 5.46. The minimum Gasteiger partial charge on any atom is -0.494 e. The Morgan fingerprint density at radius 3 is 2.27 bits per heavy atom. The van der Waals surface area contributed by atoms with Crippen molar-refractivity contribution in [3.05, 3.63) is 29.8 Å². The second-order valence-corrected chi connectivity index (χ2v) is 7.26. The highest BCUT2D eigenvalue weighted by molar-refractivity contribution is 5.94. The van der Waals surface area contributed by atoms with E-state index < -0.39 is 0 Å². The van der Waals surface area contributed by atoms with Crippen LogP contribution < -0.4 is 4.74 Å². The summed E-state index contributed by atoms with van der Waals surface area (Å²) in [5.41, 5.74) is 0.681. The number of benzene rings is 1. The molecular weight excluding hydrogens is 328 g/mol. The van der Waals surface area contributed by atoms with Gasteiger partial charge in [0.1, 0.15) is 5.75 Å². The molecule has 3 rings (SSSR count). The van der Waals surface area contributed by atoms with E-state index >= 15 is 0 Å². The van der Waals surface area contributed by atoms with Crippen LogP contribution in [0.1, 0.15) is 55.8 Å². The zero-order chi connectivity index (χ0) is 18.4. The molecule has 5 nitrogen and oxygen atoms in total. The van der Waals surface area contributed by atoms with Crippen molar-refractivity contribution >= 4 is 11.8 Å². The first-order chi connectivity index (χ1) is 12.7. The zero-order valence-corrected chi connectivity index (χ0v) is 15.8. The van der Waals surface area contributed by atoms with Gasteiger partial charge in [0.2, 0.25) is 5.91 Å². The van der Waals surface area contributed by atoms with Crippen LogP contribution in [-0.2, 0) is 4.79 Å². The first-order valence-corrected chi connectivity index (χ1v) is 10.00. The monoisotopic (exact) mass is 358 g/mol. The largest absolute Gasteiger partial charge is 0.494 e. The Morgan fingerprint density at radius 2 is 1.58 bits per heavy atom. The van der Waals surface area contributed by atoms with Gasteiger partial charge in [-0.2, -0.15) is 0 Å². The van der Waals surface area contributed by atoms with Gasteiger partial charge in [-0.3, -0.25) is 9.59 Å². The van der Waals surface area contributed by atoms with Gasteiger partial charge < -0.3 is 14.5 Å². The lowest BCUT2D eigenvalue weighted by atomic mass is 9.88. The van der Waals surface area contributed by atoms with Gasteiger partial charge >= 0.3 is 0 Å². The quantitative estimate of drug-likeness (QED) is 0.829. The van der Waals surface area contributed by atoms with Crippen LogP contribution in [0, 0.1) is 5.92 Å². The summed E-state index contributed by atoms with van der Waals surface area (Å²) in [6.07, 6.45) is 6.52. The molecule has 1 heterocycles. The smallest absolute Gasteiger partial charge is 0.253 e. The molecule has 2 fully saturated rings. The maximum absolute atomic E-state index is 12.8. The maximum Gasteiger partial charge on any atom is 0.253 e. The summed E-state index contributed by atoms with van der Waals surface area (Å²) in [7, 11) is 0. The number of nitrogens with zero attached hydrogens (tertiary/aromatic N) is 2. The molecule has 1 aromatic carbocycles. The molecule has 0 aromatic heterocycles. The lowest BCUT2D eigenvalue weighted by molar-refractivity contribution is -0.136. The van der Waals surface area contributed by atoms with Crippen LogP contribution >= 0.6 is 0 Å². The Hall–Kier alpha value is -2.04. The van der Waals surface area contributed by atoms with Gasteiger partial charge in [-0.05, 0) is 50.5 Å². The Kier molecular flexibility index (Phi) is 6.53. The fourth-order valence-electron chi connectivity index (χ4n) is 3.99. The minimum absolute atomic E-state index is 0.0417. The molecule has 142 valence electrons. The van der Waals surface area contributed by atoms with Crippen LogP contribution in [0.15, 0.2) is 24.3 Å². The Morgan fingerprint density at radius 1 is 0.923 bits per heavy atom. The van der Waals surface area contributed by atoms with E-state index in [0.717, 1.165) is 31.6 Å². The van der Waals surface area contributed by atoms with Crippen molar-refractivity contribution in [2.24, 2.45) is 5.92 Å². The van der Waals surface area contributed by atoms with E-state index in [0.29, 0.717) is 37.7 Å². The molecule has 1 aliphatic heterocycles. The molecule has 0 unspecified atom stereocenters. The van der Waals surface area contributed by atoms with E-state index in [1.807, 2.05) is 41.0 Å². The molecule has 0 atom stereocenters. The van der Waals surface area contributed by atoms with Crippen LogP contribution in [0.25, 0.3) is 0 Å². The fraction of sp³-hybridized carbons (Fsp3) is 0.619. The van der Waals surface area contributed by atoms with Gasteiger partial charge in [0, 0.05) is 37.7 Å². The number of rotatable bonds is 4. The lowest BCUT2D eigenvalue weighted by Gasteiger charge is -2.28. The molecule has 1 saturated carbocycles. The van der Waals surface area contributed by atoms with Crippen molar-refractivity contribution in [2.75, 3.05) is 32.8 Å². The summed E-state index contributed by atoms with van der Waals surface area (Å²) >= 11 is 0. The number of amides is 2. The van der Waals surface area contributed by atoms with Crippen molar-refractivity contribution in [3.8, 4) is 5.75 Å². The van der Waals surface area contributed by atoms with Gasteiger partial charge in [-0.25, -0.2) is 0 Å². The van der Waals surface area contributed by atoms with Gasteiger partial charge in [-0.15, -0.1) is 0 Å². The standard InChI is InChI=1S/C21H30N2O3/c1-2-26-19-11-9-18(10-12-19)21(25)23-14-6-13-22(15-16-23)20(24)17-7-4-3-5-8-17/h9-12,17H,2-8,13-16H2,1H3. The summed E-state index contributed by atoms with van der Waals surface area (Å²) < 4.78 is 5.44. The summed E-state index contributed by atoms with van der Waals surface area (Å²) in [5, 5.41) is 0. The van der Waals surface area contributed by atoms with Crippen LogP contribution in [-0.4, -0.2) is 54.4 Å². The van der Waals surface area contributed by atoms with Crippen molar-refractivity contribution < 1.29 is 14.3 Å². The van der Waals surface area contributed by atoms with Gasteiger partial charge in [0.25, 0.3) is 5.91 Å². The van der Waals surface area contributed by atoms with E-state index in [-0.39, 0.29) is 11.8 Å². The highest BCUT2D eigenvalue weighted by Crippen LogP contribution is 2.26. The minimum atomic E-state index is 0.0417. The molecule has 1 aliphatic carbocycles. The first-order valence-electron chi connectivity index (χ1n) is 10.00. The first kappa shape index (κ1) is 18.7. The van der Waals surface area contributed by atoms with Crippen LogP contribution in [0.5, 0.6) is 5.75 Å². The number of hydrogen-bond acceptors (Lipinski definition) is 3. The molecule has 0 spiro atoms. The highest BCUT2D eigenvalue weighted by Gasteiger charge is 2.28. The topological polar surface area (TPSA) is 49.9 Å². The van der Waals surface area contributed by atoms with E-state index in [4.69, 9.17) is 4.74 Å². The van der Waals surface area contributed by atoms with Crippen molar-refractivity contribution in [1.82, 2.24) is 9.80 Å². The van der Waals surface area contributed by atoms with E-state index in [1.165, 1.54) is 19.3 Å². The molecule has 2 aliphatic rings. The Bertz CT molecular complexity index is 608. The Balaban J connectivity index is 1.57. The van der Waals surface area contributed by atoms with Crippen LogP contribution in [0.4, 0.5) is 0 Å². The lowest BCUT2D eigenvalue weighted by Crippen LogP contribution is -2.40. The molecular formula is C21H30N2O3. The van der Waals surface area contributed by atoms with Gasteiger partial charge in [-0.1, -0.05) is 19.3 Å². The number of ether oxygens (including phenoxy) is 1. The molecule has 2 amide bonds. The molecule has 1 aromatic rings. The normalized spacial score (nSPS) is 19.1. The average molecular weight is 358 g/mol. The summed E-state index contributed by atoms with van der Waals surface area (Å²) in [4.78, 5) is 29.4. The average Bonchev–Trinajstić information content (AvgIpc) is 2.95. The predicted molar refractivity (Wildman–Crippen MR) is 101 cm³/mol. The SMILES string of the molecule is CCOc1ccc(C(=O)N2CCCN(C(=O)C3CCCCC3)CC2)cc1. The summed E-state index contributed by atoms with van der Waals surface area (Å²) in [5.74, 6) is 1.33. The highest BCUT2D eigenvalue weighted by atomic mass is 16.5. The van der Waals surface area contributed by atoms with Gasteiger partial charge in [0.15, 0.2) is 0 Å². The molecule has 1 saturated heterocycles. The zero-order valence-electron chi connectivity index (χ0n) is 15.8. The second-order valence-electron chi connectivity index (χ2n) is 7.26. The number of carbonyl (C=O) groups excluding carboxylic acids is 2. The third-order valence-corrected chi connectivity index (χ3v) is 5.46. The second kappa shape index (κ2) is 9.06. The Labute approximate surface area is 156 Å². The number of carbonyl (C=O) groups is 2. The maximum atomic E-state index is 12.8. The summed E-state index contributed by atoms with van der Waals surface area (Å²) in [6, 6.07) is 7.33. The van der Waals surface area contributed by atoms with Crippen LogP contribution in [0.3, 0.4) is 0 Å². The molecule has 0 radical (unpaired) electrons. The predicted octanol–water partition coefficient (Wildman–Crippen LogP) is 3.34. The van der Waals surface area contributed by atoms with E-state index in [9.17, 15) is 9.59 Å². The van der Waals surface area contributed by atoms with Crippen molar-refractivity contribution in [2.45, 2.75) is 45.4 Å². The molecule has 26 heavy (non-hydrogen) atoms. The van der Waals surface area contributed by atoms with Crippen molar-refractivity contribution in [3.63, 3.8) is 0 Å². The molecule has 5 heteroatoms. The van der Waals surface area contributed by atoms with E-state index in [2.05, 4.69) is 0 Å². The van der Waals surface area contributed by atoms with Gasteiger partial charge in [0.05, 0.1) is 6.61 Å². The summed E-state index contributed by atoms with van der Waals surface area (Å²) in [6.45, 7) is 5.30. The molecule has 0 bridgehead atoms. The van der Waals surface area contributed by atoms with E-state index in [1.54, 1.807) is 0 Å². The third kappa shape index (κ3) is 4.57. The number of hydrogen-bond donors (Lipinski definition) is 0. The molecule has 0 N–H and O–H groups in total. The van der Waals surface area contributed by atoms with Crippen molar-refractivity contribution in [1.29, 1.82) is 0 Å². The fourth-order valence-corrected chi connectivity index (χ4v) is 3.99. The van der Waals surface area contributed by atoms with Crippen LogP contribution in [0.2, 0.25) is 0 Å².